The van der Waals surface area contributed by atoms with Gasteiger partial charge in [-0.2, -0.15) is 18.3 Å². The first-order valence-electron chi connectivity index (χ1n) is 8.48. The number of nitrogens with one attached hydrogen (secondary N) is 1. The van der Waals surface area contributed by atoms with Crippen molar-refractivity contribution in [3.8, 4) is 11.5 Å². The van der Waals surface area contributed by atoms with Crippen molar-refractivity contribution >= 4 is 40.7 Å². The highest BCUT2D eigenvalue weighted by Gasteiger charge is 2.34. The summed E-state index contributed by atoms with van der Waals surface area (Å²) in [5, 5.41) is 19.6. The van der Waals surface area contributed by atoms with Gasteiger partial charge in [0.05, 0.1) is 24.1 Å². The van der Waals surface area contributed by atoms with Gasteiger partial charge in [0, 0.05) is 5.02 Å². The molecule has 158 valence electrons. The third kappa shape index (κ3) is 5.25. The molecule has 1 amide bonds. The number of alkyl halides is 3. The van der Waals surface area contributed by atoms with Crippen LogP contribution in [0, 0.1) is 0 Å². The van der Waals surface area contributed by atoms with Crippen LogP contribution in [0.2, 0.25) is 5.02 Å². The quantitative estimate of drug-likeness (QED) is 0.519. The third-order valence-corrected chi connectivity index (χ3v) is 5.55. The van der Waals surface area contributed by atoms with Crippen molar-refractivity contribution in [2.75, 3.05) is 7.11 Å². The molecule has 1 saturated heterocycles. The van der Waals surface area contributed by atoms with Gasteiger partial charge in [0.2, 0.25) is 5.91 Å². The second kappa shape index (κ2) is 8.97. The molecule has 0 bridgehead atoms. The van der Waals surface area contributed by atoms with Crippen LogP contribution in [0.5, 0.6) is 11.5 Å². The van der Waals surface area contributed by atoms with Crippen LogP contribution in [-0.2, 0) is 17.4 Å². The summed E-state index contributed by atoms with van der Waals surface area (Å²) in [6.07, 6.45) is -3.08. The number of nitrogens with zero attached hydrogens (tertiary/aromatic N) is 2. The Balaban J connectivity index is 1.69. The van der Waals surface area contributed by atoms with Crippen molar-refractivity contribution in [2.24, 2.45) is 10.2 Å². The van der Waals surface area contributed by atoms with Gasteiger partial charge in [-0.05, 0) is 53.9 Å². The average Bonchev–Trinajstić information content (AvgIpc) is 3.03. The van der Waals surface area contributed by atoms with Crippen molar-refractivity contribution in [2.45, 2.75) is 17.8 Å². The van der Waals surface area contributed by atoms with Crippen molar-refractivity contribution in [1.29, 1.82) is 0 Å². The first-order valence-corrected chi connectivity index (χ1v) is 9.74. The Morgan fingerprint density at radius 1 is 1.30 bits per heavy atom. The SMILES string of the molecule is COc1cc(C=NN=C2NC(=O)C(Cc3cc(C(F)(F)F)ccc3Cl)S2)ccc1O. The van der Waals surface area contributed by atoms with Gasteiger partial charge in [-0.1, -0.05) is 23.4 Å². The van der Waals surface area contributed by atoms with Crippen LogP contribution in [0.15, 0.2) is 46.6 Å². The predicted octanol–water partition coefficient (Wildman–Crippen LogP) is 4.24. The highest BCUT2D eigenvalue weighted by molar-refractivity contribution is 8.15. The monoisotopic (exact) mass is 457 g/mol. The van der Waals surface area contributed by atoms with Crippen molar-refractivity contribution < 1.29 is 27.8 Å². The van der Waals surface area contributed by atoms with Crippen molar-refractivity contribution in [3.05, 3.63) is 58.1 Å². The molecule has 1 aliphatic heterocycles. The summed E-state index contributed by atoms with van der Waals surface area (Å²) in [7, 11) is 1.41. The van der Waals surface area contributed by atoms with Gasteiger partial charge < -0.3 is 15.2 Å². The number of amidine groups is 1. The number of ether oxygens (including phenoxy) is 1. The Morgan fingerprint density at radius 3 is 2.77 bits per heavy atom. The Hall–Kier alpha value is -2.72. The van der Waals surface area contributed by atoms with E-state index in [2.05, 4.69) is 15.5 Å². The first kappa shape index (κ1) is 22.0. The molecule has 1 unspecified atom stereocenters. The smallest absolute Gasteiger partial charge is 0.416 e. The molecule has 6 nitrogen and oxygen atoms in total. The zero-order valence-corrected chi connectivity index (χ0v) is 17.0. The van der Waals surface area contributed by atoms with E-state index in [0.29, 0.717) is 5.56 Å². The van der Waals surface area contributed by atoms with Crippen LogP contribution in [0.3, 0.4) is 0 Å². The number of hydrogen-bond acceptors (Lipinski definition) is 6. The molecule has 0 radical (unpaired) electrons. The number of phenols is 1. The minimum absolute atomic E-state index is 0.0111. The molecule has 2 N–H and O–H groups in total. The zero-order valence-electron chi connectivity index (χ0n) is 15.4. The second-order valence-electron chi connectivity index (χ2n) is 6.18. The number of amides is 1. The number of benzene rings is 2. The highest BCUT2D eigenvalue weighted by Crippen LogP contribution is 2.34. The van der Waals surface area contributed by atoms with E-state index in [1.807, 2.05) is 0 Å². The number of aromatic hydroxyl groups is 1. The summed E-state index contributed by atoms with van der Waals surface area (Å²) in [6, 6.07) is 7.60. The summed E-state index contributed by atoms with van der Waals surface area (Å²) in [6.45, 7) is 0. The number of phenolic OH excluding ortho intramolecular Hbond substituents is 1. The van der Waals surface area contributed by atoms with Gasteiger partial charge in [0.25, 0.3) is 0 Å². The Labute approximate surface area is 178 Å². The third-order valence-electron chi connectivity index (χ3n) is 4.11. The standard InChI is InChI=1S/C19H15ClF3N3O3S/c1-29-15-6-10(2-5-14(15)27)9-24-26-18-25-17(28)16(30-18)8-11-7-12(19(21,22)23)3-4-13(11)20/h2-7,9,16,27H,8H2,1H3,(H,25,26,28). The molecule has 1 fully saturated rings. The molecule has 1 aliphatic rings. The molecule has 0 aromatic heterocycles. The first-order chi connectivity index (χ1) is 14.2. The Morgan fingerprint density at radius 2 is 2.07 bits per heavy atom. The molecular weight excluding hydrogens is 443 g/mol. The number of carbonyl (C=O) groups is 1. The molecule has 3 rings (SSSR count). The molecule has 0 aliphatic carbocycles. The topological polar surface area (TPSA) is 83.3 Å². The maximum Gasteiger partial charge on any atom is 0.416 e. The summed E-state index contributed by atoms with van der Waals surface area (Å²) >= 11 is 7.06. The molecule has 30 heavy (non-hydrogen) atoms. The molecule has 1 atom stereocenters. The Bertz CT molecular complexity index is 1030. The van der Waals surface area contributed by atoms with Gasteiger partial charge in [0.15, 0.2) is 16.7 Å². The van der Waals surface area contributed by atoms with E-state index < -0.39 is 22.9 Å². The number of rotatable bonds is 5. The van der Waals surface area contributed by atoms with Crippen LogP contribution < -0.4 is 10.1 Å². The number of halogens is 4. The zero-order chi connectivity index (χ0) is 21.9. The fraction of sp³-hybridized carbons (Fsp3) is 0.211. The van der Waals surface area contributed by atoms with Crippen molar-refractivity contribution in [3.63, 3.8) is 0 Å². The van der Waals surface area contributed by atoms with Crippen LogP contribution in [0.25, 0.3) is 0 Å². The number of carbonyl (C=O) groups excluding carboxylic acids is 1. The maximum absolute atomic E-state index is 12.9. The van der Waals surface area contributed by atoms with Gasteiger partial charge in [-0.3, -0.25) is 4.79 Å². The number of thioether (sulfide) groups is 1. The number of methoxy groups -OCH3 is 1. The molecular formula is C19H15ClF3N3O3S. The lowest BCUT2D eigenvalue weighted by atomic mass is 10.1. The summed E-state index contributed by atoms with van der Waals surface area (Å²) < 4.78 is 43.7. The van der Waals surface area contributed by atoms with Crippen LogP contribution in [0.4, 0.5) is 13.2 Å². The Kier molecular flexibility index (Phi) is 6.57. The second-order valence-corrected chi connectivity index (χ2v) is 7.78. The molecule has 0 spiro atoms. The molecule has 1 heterocycles. The molecule has 2 aromatic rings. The van der Waals surface area contributed by atoms with Gasteiger partial charge in [-0.25, -0.2) is 0 Å². The lowest BCUT2D eigenvalue weighted by Gasteiger charge is -2.12. The molecule has 2 aromatic carbocycles. The van der Waals surface area contributed by atoms with Gasteiger partial charge >= 0.3 is 6.18 Å². The van der Waals surface area contributed by atoms with Crippen LogP contribution in [0.1, 0.15) is 16.7 Å². The van der Waals surface area contributed by atoms with Crippen molar-refractivity contribution in [1.82, 2.24) is 5.32 Å². The molecule has 0 saturated carbocycles. The molecule has 11 heteroatoms. The minimum Gasteiger partial charge on any atom is -0.504 e. The predicted molar refractivity (Wildman–Crippen MR) is 109 cm³/mol. The largest absolute Gasteiger partial charge is 0.504 e. The van der Waals surface area contributed by atoms with E-state index in [0.717, 1.165) is 23.9 Å². The fourth-order valence-electron chi connectivity index (χ4n) is 2.62. The fourth-order valence-corrected chi connectivity index (χ4v) is 3.76. The summed E-state index contributed by atoms with van der Waals surface area (Å²) in [5.74, 6) is -0.141. The van der Waals surface area contributed by atoms with E-state index in [9.17, 15) is 23.1 Å². The lowest BCUT2D eigenvalue weighted by Crippen LogP contribution is -2.26. The highest BCUT2D eigenvalue weighted by atomic mass is 35.5. The van der Waals surface area contributed by atoms with E-state index in [1.54, 1.807) is 12.1 Å². The normalized spacial score (nSPS) is 18.2. The van der Waals surface area contributed by atoms with Gasteiger partial charge in [-0.15, -0.1) is 5.10 Å². The summed E-state index contributed by atoms with van der Waals surface area (Å²) in [5.41, 5.74) is 0.00354. The van der Waals surface area contributed by atoms with Gasteiger partial charge in [0.1, 0.15) is 0 Å². The van der Waals surface area contributed by atoms with Crippen LogP contribution in [-0.4, -0.2) is 34.8 Å². The van der Waals surface area contributed by atoms with E-state index in [4.69, 9.17) is 16.3 Å². The maximum atomic E-state index is 12.9. The number of hydrogen-bond donors (Lipinski definition) is 2. The van der Waals surface area contributed by atoms with E-state index in [-0.39, 0.29) is 33.7 Å². The summed E-state index contributed by atoms with van der Waals surface area (Å²) in [4.78, 5) is 12.2. The van der Waals surface area contributed by atoms with E-state index >= 15 is 0 Å². The lowest BCUT2D eigenvalue weighted by molar-refractivity contribution is -0.137. The van der Waals surface area contributed by atoms with Crippen LogP contribution >= 0.6 is 23.4 Å². The average molecular weight is 458 g/mol. The minimum atomic E-state index is -4.50. The van der Waals surface area contributed by atoms with E-state index in [1.165, 1.54) is 25.5 Å².